The zero-order valence-electron chi connectivity index (χ0n) is 11.8. The minimum atomic E-state index is -0.533. The summed E-state index contributed by atoms with van der Waals surface area (Å²) in [5.41, 5.74) is 0.434. The van der Waals surface area contributed by atoms with Gasteiger partial charge >= 0.3 is 0 Å². The molecule has 0 aliphatic heterocycles. The topological polar surface area (TPSA) is 58.2 Å². The van der Waals surface area contributed by atoms with E-state index in [4.69, 9.17) is 11.6 Å². The minimum Gasteiger partial charge on any atom is -0.356 e. The first-order valence-corrected chi connectivity index (χ1v) is 7.44. The van der Waals surface area contributed by atoms with Crippen LogP contribution in [0.2, 0.25) is 5.02 Å². The lowest BCUT2D eigenvalue weighted by atomic mass is 10.2. The molecule has 1 aliphatic rings. The molecule has 0 bridgehead atoms. The van der Waals surface area contributed by atoms with Gasteiger partial charge in [-0.25, -0.2) is 4.39 Å². The van der Waals surface area contributed by atoms with E-state index in [0.29, 0.717) is 18.7 Å². The molecular weight excluding hydrogens is 295 g/mol. The van der Waals surface area contributed by atoms with Crippen LogP contribution in [0.5, 0.6) is 0 Å². The molecule has 2 rings (SSSR count). The molecule has 4 nitrogen and oxygen atoms in total. The summed E-state index contributed by atoms with van der Waals surface area (Å²) in [6.07, 6.45) is 2.50. The molecule has 2 unspecified atom stereocenters. The molecule has 1 fully saturated rings. The first-order chi connectivity index (χ1) is 10.0. The molecule has 21 heavy (non-hydrogen) atoms. The van der Waals surface area contributed by atoms with Gasteiger partial charge in [0.1, 0.15) is 5.82 Å². The molecule has 2 atom stereocenters. The van der Waals surface area contributed by atoms with Crippen LogP contribution in [0.3, 0.4) is 0 Å². The van der Waals surface area contributed by atoms with Crippen molar-refractivity contribution in [1.29, 1.82) is 0 Å². The van der Waals surface area contributed by atoms with Crippen LogP contribution in [0.15, 0.2) is 18.2 Å². The molecule has 1 saturated carbocycles. The van der Waals surface area contributed by atoms with Gasteiger partial charge in [0.05, 0.1) is 16.9 Å². The summed E-state index contributed by atoms with van der Waals surface area (Å²) in [7, 11) is 0. The molecule has 1 aromatic carbocycles. The third-order valence-electron chi connectivity index (χ3n) is 3.48. The van der Waals surface area contributed by atoms with Crippen molar-refractivity contribution in [2.24, 2.45) is 11.8 Å². The van der Waals surface area contributed by atoms with Crippen LogP contribution in [0.4, 0.5) is 10.1 Å². The highest BCUT2D eigenvalue weighted by molar-refractivity contribution is 6.31. The number of nitrogens with one attached hydrogen (secondary N) is 2. The van der Waals surface area contributed by atoms with Crippen LogP contribution in [-0.2, 0) is 9.59 Å². The lowest BCUT2D eigenvalue weighted by Gasteiger charge is -2.06. The Morgan fingerprint density at radius 1 is 1.33 bits per heavy atom. The van der Waals surface area contributed by atoms with Crippen LogP contribution in [0, 0.1) is 17.7 Å². The largest absolute Gasteiger partial charge is 0.356 e. The molecular formula is C15H18ClFN2O2. The van der Waals surface area contributed by atoms with E-state index in [-0.39, 0.29) is 28.7 Å². The van der Waals surface area contributed by atoms with E-state index in [0.717, 1.165) is 12.8 Å². The second kappa shape index (κ2) is 6.89. The average molecular weight is 313 g/mol. The molecule has 0 aromatic heterocycles. The Labute approximate surface area is 128 Å². The normalized spacial score (nSPS) is 20.0. The molecule has 2 N–H and O–H groups in total. The van der Waals surface area contributed by atoms with Gasteiger partial charge in [-0.2, -0.15) is 0 Å². The zero-order chi connectivity index (χ0) is 15.4. The van der Waals surface area contributed by atoms with E-state index in [1.807, 2.05) is 6.92 Å². The van der Waals surface area contributed by atoms with Crippen molar-refractivity contribution in [2.75, 3.05) is 11.9 Å². The highest BCUT2D eigenvalue weighted by Gasteiger charge is 2.47. The Bertz CT molecular complexity index is 550. The van der Waals surface area contributed by atoms with E-state index in [1.165, 1.54) is 18.2 Å². The van der Waals surface area contributed by atoms with E-state index >= 15 is 0 Å². The fourth-order valence-corrected chi connectivity index (χ4v) is 2.28. The van der Waals surface area contributed by atoms with Crippen molar-refractivity contribution < 1.29 is 14.0 Å². The smallest absolute Gasteiger partial charge is 0.228 e. The Hall–Kier alpha value is -1.62. The number of anilines is 1. The van der Waals surface area contributed by atoms with Crippen LogP contribution >= 0.6 is 11.6 Å². The summed E-state index contributed by atoms with van der Waals surface area (Å²) < 4.78 is 13.0. The molecule has 1 aromatic rings. The average Bonchev–Trinajstić information content (AvgIpc) is 3.23. The van der Waals surface area contributed by atoms with Crippen LogP contribution < -0.4 is 10.6 Å². The van der Waals surface area contributed by atoms with Crippen LogP contribution in [0.1, 0.15) is 26.2 Å². The van der Waals surface area contributed by atoms with Gasteiger partial charge in [-0.05, 0) is 31.0 Å². The number of hydrogen-bond donors (Lipinski definition) is 2. The van der Waals surface area contributed by atoms with Crippen molar-refractivity contribution in [1.82, 2.24) is 5.32 Å². The SMILES string of the molecule is CCCCNC(=O)C1CC1C(=O)Nc1ccc(F)c(Cl)c1. The Morgan fingerprint density at radius 2 is 2.05 bits per heavy atom. The molecule has 6 heteroatoms. The third kappa shape index (κ3) is 4.17. The number of benzene rings is 1. The van der Waals surface area contributed by atoms with E-state index in [9.17, 15) is 14.0 Å². The fourth-order valence-electron chi connectivity index (χ4n) is 2.10. The Balaban J connectivity index is 1.82. The van der Waals surface area contributed by atoms with Gasteiger partial charge in [0, 0.05) is 12.2 Å². The summed E-state index contributed by atoms with van der Waals surface area (Å²) in [4.78, 5) is 23.8. The number of carbonyl (C=O) groups excluding carboxylic acids is 2. The van der Waals surface area contributed by atoms with Crippen molar-refractivity contribution in [3.05, 3.63) is 29.0 Å². The number of amides is 2. The first-order valence-electron chi connectivity index (χ1n) is 7.06. The monoisotopic (exact) mass is 312 g/mol. The van der Waals surface area contributed by atoms with Gasteiger partial charge in [-0.15, -0.1) is 0 Å². The number of hydrogen-bond acceptors (Lipinski definition) is 2. The van der Waals surface area contributed by atoms with Crippen molar-refractivity contribution in [2.45, 2.75) is 26.2 Å². The van der Waals surface area contributed by atoms with Gasteiger partial charge in [0.2, 0.25) is 11.8 Å². The van der Waals surface area contributed by atoms with Gasteiger partial charge in [-0.1, -0.05) is 24.9 Å². The van der Waals surface area contributed by atoms with Crippen molar-refractivity contribution in [3.63, 3.8) is 0 Å². The van der Waals surface area contributed by atoms with Gasteiger partial charge in [0.15, 0.2) is 0 Å². The van der Waals surface area contributed by atoms with Crippen LogP contribution in [-0.4, -0.2) is 18.4 Å². The standard InChI is InChI=1S/C15H18ClFN2O2/c1-2-3-6-18-14(20)10-8-11(10)15(21)19-9-4-5-13(17)12(16)7-9/h4-5,7,10-11H,2-3,6,8H2,1H3,(H,18,20)(H,19,21). The van der Waals surface area contributed by atoms with E-state index < -0.39 is 5.82 Å². The second-order valence-electron chi connectivity index (χ2n) is 5.21. The highest BCUT2D eigenvalue weighted by atomic mass is 35.5. The maximum Gasteiger partial charge on any atom is 0.228 e. The predicted octanol–water partition coefficient (Wildman–Crippen LogP) is 2.97. The van der Waals surface area contributed by atoms with Crippen molar-refractivity contribution >= 4 is 29.1 Å². The second-order valence-corrected chi connectivity index (χ2v) is 5.62. The van der Waals surface area contributed by atoms with E-state index in [1.54, 1.807) is 0 Å². The quantitative estimate of drug-likeness (QED) is 0.793. The van der Waals surface area contributed by atoms with Gasteiger partial charge in [0.25, 0.3) is 0 Å². The predicted molar refractivity (Wildman–Crippen MR) is 79.6 cm³/mol. The number of carbonyl (C=O) groups is 2. The number of rotatable bonds is 6. The minimum absolute atomic E-state index is 0.0440. The summed E-state index contributed by atoms with van der Waals surface area (Å²) in [6, 6.07) is 3.99. The summed E-state index contributed by atoms with van der Waals surface area (Å²) in [5.74, 6) is -1.39. The first kappa shape index (κ1) is 15.8. The highest BCUT2D eigenvalue weighted by Crippen LogP contribution is 2.39. The molecule has 1 aliphatic carbocycles. The molecule has 0 spiro atoms. The van der Waals surface area contributed by atoms with Gasteiger partial charge < -0.3 is 10.6 Å². The summed E-state index contributed by atoms with van der Waals surface area (Å²) >= 11 is 5.65. The Kier molecular flexibility index (Phi) is 5.17. The Morgan fingerprint density at radius 3 is 2.71 bits per heavy atom. The zero-order valence-corrected chi connectivity index (χ0v) is 12.5. The molecule has 114 valence electrons. The summed E-state index contributed by atoms with van der Waals surface area (Å²) in [5, 5.41) is 5.43. The van der Waals surface area contributed by atoms with Gasteiger partial charge in [-0.3, -0.25) is 9.59 Å². The van der Waals surface area contributed by atoms with Crippen molar-refractivity contribution in [3.8, 4) is 0 Å². The summed E-state index contributed by atoms with van der Waals surface area (Å²) in [6.45, 7) is 2.70. The fraction of sp³-hybridized carbons (Fsp3) is 0.467. The third-order valence-corrected chi connectivity index (χ3v) is 3.77. The lowest BCUT2D eigenvalue weighted by molar-refractivity contribution is -0.125. The maximum absolute atomic E-state index is 13.0. The molecule has 0 heterocycles. The molecule has 0 saturated heterocycles. The molecule has 2 amide bonds. The number of unbranched alkanes of at least 4 members (excludes halogenated alkanes) is 1. The van der Waals surface area contributed by atoms with E-state index in [2.05, 4.69) is 10.6 Å². The lowest BCUT2D eigenvalue weighted by Crippen LogP contribution is -2.28. The molecule has 0 radical (unpaired) electrons. The van der Waals surface area contributed by atoms with Crippen LogP contribution in [0.25, 0.3) is 0 Å². The number of halogens is 2. The maximum atomic E-state index is 13.0.